The van der Waals surface area contributed by atoms with Gasteiger partial charge in [-0.05, 0) is 31.2 Å². The summed E-state index contributed by atoms with van der Waals surface area (Å²) in [6.07, 6.45) is 0. The Bertz CT molecular complexity index is 640. The first-order valence-corrected chi connectivity index (χ1v) is 5.76. The Morgan fingerprint density at radius 3 is 2.83 bits per heavy atom. The average Bonchev–Trinajstić information content (AvgIpc) is 2.33. The molecule has 0 N–H and O–H groups in total. The van der Waals surface area contributed by atoms with Crippen molar-refractivity contribution >= 4 is 15.9 Å². The highest BCUT2D eigenvalue weighted by atomic mass is 79.9. The minimum absolute atomic E-state index is 0.00105. The van der Waals surface area contributed by atoms with Crippen molar-refractivity contribution in [1.29, 1.82) is 5.26 Å². The number of rotatable bonds is 2. The molecule has 0 amide bonds. The Labute approximate surface area is 111 Å². The first-order valence-electron chi connectivity index (χ1n) is 4.97. The number of aromatic nitrogens is 2. The van der Waals surface area contributed by atoms with Gasteiger partial charge in [0, 0.05) is 10.2 Å². The van der Waals surface area contributed by atoms with Crippen molar-refractivity contribution in [3.05, 3.63) is 45.9 Å². The third kappa shape index (κ3) is 2.81. The SMILES string of the molecule is Cc1cc(C#N)nc(Oc2cc(Br)ccc2F)n1. The quantitative estimate of drug-likeness (QED) is 0.853. The molecule has 0 saturated heterocycles. The molecule has 18 heavy (non-hydrogen) atoms. The van der Waals surface area contributed by atoms with Gasteiger partial charge in [0.15, 0.2) is 11.6 Å². The van der Waals surface area contributed by atoms with Crippen LogP contribution in [0.15, 0.2) is 28.7 Å². The summed E-state index contributed by atoms with van der Waals surface area (Å²) in [5.74, 6) is -0.527. The number of ether oxygens (including phenoxy) is 1. The van der Waals surface area contributed by atoms with E-state index in [9.17, 15) is 4.39 Å². The van der Waals surface area contributed by atoms with Gasteiger partial charge in [0.1, 0.15) is 11.8 Å². The molecule has 0 unspecified atom stereocenters. The van der Waals surface area contributed by atoms with E-state index in [1.807, 2.05) is 6.07 Å². The van der Waals surface area contributed by atoms with E-state index < -0.39 is 5.82 Å². The van der Waals surface area contributed by atoms with Crippen LogP contribution in [0.1, 0.15) is 11.4 Å². The molecule has 90 valence electrons. The molecule has 1 aromatic carbocycles. The molecule has 1 heterocycles. The van der Waals surface area contributed by atoms with Crippen molar-refractivity contribution in [2.24, 2.45) is 0 Å². The van der Waals surface area contributed by atoms with Crippen molar-refractivity contribution in [1.82, 2.24) is 9.97 Å². The Morgan fingerprint density at radius 1 is 1.33 bits per heavy atom. The molecule has 2 rings (SSSR count). The maximum absolute atomic E-state index is 13.5. The fourth-order valence-corrected chi connectivity index (χ4v) is 1.64. The maximum atomic E-state index is 13.5. The Kier molecular flexibility index (Phi) is 3.53. The third-order valence-electron chi connectivity index (χ3n) is 2.04. The van der Waals surface area contributed by atoms with E-state index in [0.717, 1.165) is 0 Å². The predicted octanol–water partition coefficient (Wildman–Crippen LogP) is 3.35. The summed E-state index contributed by atoms with van der Waals surface area (Å²) in [7, 11) is 0. The van der Waals surface area contributed by atoms with Crippen LogP contribution in [0.3, 0.4) is 0 Å². The molecule has 1 aromatic heterocycles. The van der Waals surface area contributed by atoms with Crippen LogP contribution in [0.5, 0.6) is 11.8 Å². The highest BCUT2D eigenvalue weighted by molar-refractivity contribution is 9.10. The molecule has 0 saturated carbocycles. The summed E-state index contributed by atoms with van der Waals surface area (Å²) in [4.78, 5) is 7.82. The van der Waals surface area contributed by atoms with E-state index in [1.165, 1.54) is 18.2 Å². The lowest BCUT2D eigenvalue weighted by Gasteiger charge is -2.06. The lowest BCUT2D eigenvalue weighted by Crippen LogP contribution is -1.97. The Balaban J connectivity index is 2.37. The molecule has 0 fully saturated rings. The number of hydrogen-bond donors (Lipinski definition) is 0. The van der Waals surface area contributed by atoms with Gasteiger partial charge in [-0.2, -0.15) is 10.2 Å². The standard InChI is InChI=1S/C12H7BrFN3O/c1-7-4-9(6-15)17-12(16-7)18-11-5-8(13)2-3-10(11)14/h2-5H,1H3. The van der Waals surface area contributed by atoms with Gasteiger partial charge in [0.25, 0.3) is 0 Å². The van der Waals surface area contributed by atoms with Crippen molar-refractivity contribution in [2.75, 3.05) is 0 Å². The van der Waals surface area contributed by atoms with Crippen LogP contribution in [-0.2, 0) is 0 Å². The molecular weight excluding hydrogens is 301 g/mol. The van der Waals surface area contributed by atoms with Gasteiger partial charge in [-0.25, -0.2) is 9.37 Å². The molecule has 4 nitrogen and oxygen atoms in total. The zero-order valence-corrected chi connectivity index (χ0v) is 10.9. The lowest BCUT2D eigenvalue weighted by atomic mass is 10.3. The van der Waals surface area contributed by atoms with Gasteiger partial charge in [0.05, 0.1) is 0 Å². The summed E-state index contributed by atoms with van der Waals surface area (Å²) in [6, 6.07) is 7.64. The van der Waals surface area contributed by atoms with Crippen molar-refractivity contribution in [3.8, 4) is 17.8 Å². The summed E-state index contributed by atoms with van der Waals surface area (Å²) >= 11 is 3.21. The van der Waals surface area contributed by atoms with Crippen LogP contribution >= 0.6 is 15.9 Å². The van der Waals surface area contributed by atoms with Crippen LogP contribution in [-0.4, -0.2) is 9.97 Å². The van der Waals surface area contributed by atoms with Crippen LogP contribution in [0.2, 0.25) is 0 Å². The van der Waals surface area contributed by atoms with Crippen LogP contribution in [0.4, 0.5) is 4.39 Å². The third-order valence-corrected chi connectivity index (χ3v) is 2.54. The number of aryl methyl sites for hydroxylation is 1. The molecule has 0 spiro atoms. The molecular formula is C12H7BrFN3O. The zero-order chi connectivity index (χ0) is 13.1. The van der Waals surface area contributed by atoms with Crippen LogP contribution in [0, 0.1) is 24.1 Å². The van der Waals surface area contributed by atoms with E-state index in [-0.39, 0.29) is 17.5 Å². The van der Waals surface area contributed by atoms with Gasteiger partial charge < -0.3 is 4.74 Å². The molecule has 0 aliphatic rings. The number of hydrogen-bond acceptors (Lipinski definition) is 4. The number of nitrogens with zero attached hydrogens (tertiary/aromatic N) is 3. The number of nitriles is 1. The van der Waals surface area contributed by atoms with E-state index in [1.54, 1.807) is 13.0 Å². The van der Waals surface area contributed by atoms with Gasteiger partial charge in [-0.3, -0.25) is 0 Å². The normalized spacial score (nSPS) is 9.89. The predicted molar refractivity (Wildman–Crippen MR) is 65.7 cm³/mol. The minimum Gasteiger partial charge on any atom is -0.421 e. The van der Waals surface area contributed by atoms with Crippen molar-refractivity contribution in [3.63, 3.8) is 0 Å². The Morgan fingerprint density at radius 2 is 2.11 bits per heavy atom. The fraction of sp³-hybridized carbons (Fsp3) is 0.0833. The maximum Gasteiger partial charge on any atom is 0.323 e. The second-order valence-electron chi connectivity index (χ2n) is 3.47. The van der Waals surface area contributed by atoms with Gasteiger partial charge in [0.2, 0.25) is 0 Å². The van der Waals surface area contributed by atoms with Gasteiger partial charge >= 0.3 is 6.01 Å². The van der Waals surface area contributed by atoms with E-state index in [4.69, 9.17) is 10.00 Å². The number of benzene rings is 1. The zero-order valence-electron chi connectivity index (χ0n) is 9.32. The lowest BCUT2D eigenvalue weighted by molar-refractivity contribution is 0.409. The molecule has 6 heteroatoms. The average molecular weight is 308 g/mol. The first-order chi connectivity index (χ1) is 8.58. The monoisotopic (exact) mass is 307 g/mol. The molecule has 0 bridgehead atoms. The van der Waals surface area contributed by atoms with Crippen molar-refractivity contribution < 1.29 is 9.13 Å². The summed E-state index contributed by atoms with van der Waals surface area (Å²) in [5.41, 5.74) is 0.750. The van der Waals surface area contributed by atoms with Crippen LogP contribution in [0.25, 0.3) is 0 Å². The largest absolute Gasteiger partial charge is 0.421 e. The topological polar surface area (TPSA) is 58.8 Å². The number of halogens is 2. The van der Waals surface area contributed by atoms with Crippen molar-refractivity contribution in [2.45, 2.75) is 6.92 Å². The van der Waals surface area contributed by atoms with Gasteiger partial charge in [-0.1, -0.05) is 15.9 Å². The molecule has 0 radical (unpaired) electrons. The van der Waals surface area contributed by atoms with E-state index >= 15 is 0 Å². The highest BCUT2D eigenvalue weighted by Crippen LogP contribution is 2.25. The molecule has 0 atom stereocenters. The highest BCUT2D eigenvalue weighted by Gasteiger charge is 2.09. The Hall–Kier alpha value is -2.00. The van der Waals surface area contributed by atoms with Gasteiger partial charge in [-0.15, -0.1) is 0 Å². The second-order valence-corrected chi connectivity index (χ2v) is 4.38. The molecule has 0 aliphatic carbocycles. The van der Waals surface area contributed by atoms with Crippen LogP contribution < -0.4 is 4.74 Å². The summed E-state index contributed by atoms with van der Waals surface area (Å²) in [5, 5.41) is 8.77. The van der Waals surface area contributed by atoms with E-state index in [2.05, 4.69) is 25.9 Å². The smallest absolute Gasteiger partial charge is 0.323 e. The second kappa shape index (κ2) is 5.10. The molecule has 0 aliphatic heterocycles. The first kappa shape index (κ1) is 12.5. The molecule has 2 aromatic rings. The van der Waals surface area contributed by atoms with E-state index in [0.29, 0.717) is 10.2 Å². The summed E-state index contributed by atoms with van der Waals surface area (Å²) in [6.45, 7) is 1.70. The fourth-order valence-electron chi connectivity index (χ4n) is 1.30. The minimum atomic E-state index is -0.526. The summed E-state index contributed by atoms with van der Waals surface area (Å²) < 4.78 is 19.4.